The van der Waals surface area contributed by atoms with Crippen LogP contribution in [0.25, 0.3) is 0 Å². The van der Waals surface area contributed by atoms with Gasteiger partial charge in [0, 0.05) is 44.7 Å². The number of aromatic nitrogens is 1. The lowest BCUT2D eigenvalue weighted by Crippen LogP contribution is -2.61. The predicted molar refractivity (Wildman–Crippen MR) is 101 cm³/mol. The average molecular weight is 363 g/mol. The maximum absolute atomic E-state index is 12.9. The third kappa shape index (κ3) is 3.36. The monoisotopic (exact) mass is 362 g/mol. The molecule has 1 unspecified atom stereocenters. The molecule has 4 fully saturated rings. The van der Waals surface area contributed by atoms with Crippen LogP contribution in [-0.4, -0.2) is 77.4 Å². The van der Waals surface area contributed by atoms with Crippen LogP contribution in [0.2, 0.25) is 0 Å². The zero-order valence-corrected chi connectivity index (χ0v) is 16.5. The van der Waals surface area contributed by atoms with E-state index in [4.69, 9.17) is 0 Å². The summed E-state index contributed by atoms with van der Waals surface area (Å²) < 4.78 is 0. The molecule has 0 radical (unpaired) electrons. The first-order valence-corrected chi connectivity index (χ1v) is 10.6. The smallest absolute Gasteiger partial charge is 0.265 e. The van der Waals surface area contributed by atoms with E-state index in [1.165, 1.54) is 32.5 Å². The number of piperidine rings is 3. The van der Waals surface area contributed by atoms with Crippen LogP contribution < -0.4 is 0 Å². The Morgan fingerprint density at radius 3 is 2.32 bits per heavy atom. The van der Waals surface area contributed by atoms with Gasteiger partial charge in [-0.25, -0.2) is 4.98 Å². The van der Waals surface area contributed by atoms with Crippen LogP contribution in [0.5, 0.6) is 0 Å². The minimum atomic E-state index is 0.190. The van der Waals surface area contributed by atoms with Gasteiger partial charge in [0.2, 0.25) is 0 Å². The molecule has 1 atom stereocenters. The van der Waals surface area contributed by atoms with Crippen LogP contribution >= 0.6 is 11.3 Å². The molecule has 6 heteroatoms. The lowest BCUT2D eigenvalue weighted by atomic mass is 9.83. The van der Waals surface area contributed by atoms with Gasteiger partial charge in [0.1, 0.15) is 4.88 Å². The fraction of sp³-hybridized carbons (Fsp3) is 0.789. The summed E-state index contributed by atoms with van der Waals surface area (Å²) in [7, 11) is 0. The van der Waals surface area contributed by atoms with E-state index in [9.17, 15) is 4.79 Å². The van der Waals surface area contributed by atoms with Gasteiger partial charge >= 0.3 is 0 Å². The first kappa shape index (κ1) is 17.4. The summed E-state index contributed by atoms with van der Waals surface area (Å²) in [6.07, 6.45) is 2.73. The van der Waals surface area contributed by atoms with Crippen molar-refractivity contribution in [2.45, 2.75) is 45.6 Å². The van der Waals surface area contributed by atoms with Gasteiger partial charge < -0.3 is 9.80 Å². The Balaban J connectivity index is 1.38. The van der Waals surface area contributed by atoms with Crippen molar-refractivity contribution >= 4 is 17.2 Å². The van der Waals surface area contributed by atoms with Crippen molar-refractivity contribution in [1.29, 1.82) is 0 Å². The quantitative estimate of drug-likeness (QED) is 0.828. The Hall–Kier alpha value is -0.980. The van der Waals surface area contributed by atoms with Crippen molar-refractivity contribution in [3.05, 3.63) is 15.6 Å². The lowest BCUT2D eigenvalue weighted by molar-refractivity contribution is -0.0130. The summed E-state index contributed by atoms with van der Waals surface area (Å²) in [5.41, 5.74) is 0.901. The molecule has 0 aromatic carbocycles. The summed E-state index contributed by atoms with van der Waals surface area (Å²) in [5.74, 6) is 1.46. The second kappa shape index (κ2) is 6.97. The number of nitrogens with zero attached hydrogens (tertiary/aromatic N) is 4. The zero-order valence-electron chi connectivity index (χ0n) is 15.7. The first-order chi connectivity index (χ1) is 12.0. The predicted octanol–water partition coefficient (Wildman–Crippen LogP) is 2.43. The van der Waals surface area contributed by atoms with E-state index in [0.717, 1.165) is 53.7 Å². The molecule has 4 aliphatic rings. The molecule has 2 bridgehead atoms. The number of carbonyl (C=O) groups excluding carboxylic acids is 1. The summed E-state index contributed by atoms with van der Waals surface area (Å²) in [6.45, 7) is 13.8. The Bertz CT molecular complexity index is 627. The number of piperazine rings is 1. The second-order valence-electron chi connectivity index (χ2n) is 8.15. The summed E-state index contributed by atoms with van der Waals surface area (Å²) in [5, 5.41) is 1.08. The highest BCUT2D eigenvalue weighted by Crippen LogP contribution is 2.32. The molecule has 5 rings (SSSR count). The minimum absolute atomic E-state index is 0.190. The van der Waals surface area contributed by atoms with Gasteiger partial charge in [-0.1, -0.05) is 13.8 Å². The van der Waals surface area contributed by atoms with Crippen LogP contribution in [0.15, 0.2) is 0 Å². The van der Waals surface area contributed by atoms with Gasteiger partial charge in [-0.15, -0.1) is 11.3 Å². The van der Waals surface area contributed by atoms with E-state index in [0.29, 0.717) is 5.92 Å². The molecule has 5 heterocycles. The molecule has 25 heavy (non-hydrogen) atoms. The fourth-order valence-electron chi connectivity index (χ4n) is 4.61. The van der Waals surface area contributed by atoms with E-state index < -0.39 is 0 Å². The summed E-state index contributed by atoms with van der Waals surface area (Å²) >= 11 is 1.59. The molecule has 4 saturated heterocycles. The van der Waals surface area contributed by atoms with E-state index in [-0.39, 0.29) is 5.91 Å². The largest absolute Gasteiger partial charge is 0.335 e. The number of rotatable bonds is 3. The van der Waals surface area contributed by atoms with Gasteiger partial charge in [-0.3, -0.25) is 9.69 Å². The first-order valence-electron chi connectivity index (χ1n) is 9.76. The molecule has 0 aliphatic carbocycles. The van der Waals surface area contributed by atoms with Crippen molar-refractivity contribution in [1.82, 2.24) is 19.7 Å². The van der Waals surface area contributed by atoms with E-state index >= 15 is 0 Å². The van der Waals surface area contributed by atoms with Crippen molar-refractivity contribution in [3.63, 3.8) is 0 Å². The molecular weight excluding hydrogens is 332 g/mol. The van der Waals surface area contributed by atoms with Gasteiger partial charge in [0.15, 0.2) is 0 Å². The standard InChI is InChI=1S/C19H30N4OS/c1-13(2)18-20-14(3)17(25-18)19(24)23-10-8-22(9-11-23)16-12-21-6-4-15(16)5-7-21/h13,15-16H,4-12H2,1-3H3. The number of carbonyl (C=O) groups is 1. The second-order valence-corrected chi connectivity index (χ2v) is 9.19. The lowest BCUT2D eigenvalue weighted by Gasteiger charge is -2.51. The van der Waals surface area contributed by atoms with Crippen LogP contribution in [0.4, 0.5) is 0 Å². The van der Waals surface area contributed by atoms with Crippen LogP contribution in [-0.2, 0) is 0 Å². The topological polar surface area (TPSA) is 39.7 Å². The molecule has 138 valence electrons. The Morgan fingerprint density at radius 1 is 1.12 bits per heavy atom. The summed E-state index contributed by atoms with van der Waals surface area (Å²) in [4.78, 5) is 25.7. The highest BCUT2D eigenvalue weighted by atomic mass is 32.1. The molecule has 0 spiro atoms. The number of hydrogen-bond acceptors (Lipinski definition) is 5. The van der Waals surface area contributed by atoms with Crippen LogP contribution in [0.1, 0.15) is 53.0 Å². The molecule has 5 nitrogen and oxygen atoms in total. The number of aryl methyl sites for hydroxylation is 1. The minimum Gasteiger partial charge on any atom is -0.335 e. The average Bonchev–Trinajstić information content (AvgIpc) is 3.04. The molecule has 1 amide bonds. The number of hydrogen-bond donors (Lipinski definition) is 0. The molecule has 0 N–H and O–H groups in total. The van der Waals surface area contributed by atoms with Gasteiger partial charge in [-0.05, 0) is 38.8 Å². The van der Waals surface area contributed by atoms with Gasteiger partial charge in [0.25, 0.3) is 5.91 Å². The van der Waals surface area contributed by atoms with Crippen molar-refractivity contribution in [3.8, 4) is 0 Å². The van der Waals surface area contributed by atoms with Crippen molar-refractivity contribution < 1.29 is 4.79 Å². The molecule has 0 saturated carbocycles. The fourth-order valence-corrected chi connectivity index (χ4v) is 5.65. The highest BCUT2D eigenvalue weighted by molar-refractivity contribution is 7.13. The van der Waals surface area contributed by atoms with E-state index in [2.05, 4.69) is 28.6 Å². The Labute approximate surface area is 155 Å². The molecular formula is C19H30N4OS. The van der Waals surface area contributed by atoms with Crippen LogP contribution in [0, 0.1) is 12.8 Å². The molecule has 1 aromatic rings. The highest BCUT2D eigenvalue weighted by Gasteiger charge is 2.38. The van der Waals surface area contributed by atoms with Crippen molar-refractivity contribution in [2.75, 3.05) is 45.8 Å². The maximum atomic E-state index is 12.9. The number of amides is 1. The SMILES string of the molecule is Cc1nc(C(C)C)sc1C(=O)N1CCN(C2CN3CCC2CC3)CC1. The third-order valence-corrected chi connectivity index (χ3v) is 7.64. The van der Waals surface area contributed by atoms with E-state index in [1.54, 1.807) is 11.3 Å². The Morgan fingerprint density at radius 2 is 1.80 bits per heavy atom. The van der Waals surface area contributed by atoms with Gasteiger partial charge in [-0.2, -0.15) is 0 Å². The van der Waals surface area contributed by atoms with Crippen LogP contribution in [0.3, 0.4) is 0 Å². The van der Waals surface area contributed by atoms with E-state index in [1.807, 2.05) is 11.8 Å². The third-order valence-electron chi connectivity index (χ3n) is 6.19. The normalized spacial score (nSPS) is 30.2. The zero-order chi connectivity index (χ0) is 17.6. The maximum Gasteiger partial charge on any atom is 0.265 e. The van der Waals surface area contributed by atoms with Gasteiger partial charge in [0.05, 0.1) is 10.7 Å². The number of thiazole rings is 1. The summed E-state index contributed by atoms with van der Waals surface area (Å²) in [6, 6.07) is 0.720. The molecule has 1 aromatic heterocycles. The number of fused-ring (bicyclic) bond motifs is 3. The van der Waals surface area contributed by atoms with Crippen molar-refractivity contribution in [2.24, 2.45) is 5.92 Å². The Kier molecular flexibility index (Phi) is 4.86. The molecule has 4 aliphatic heterocycles.